The number of thioether (sulfide) groups is 1. The number of benzene rings is 1. The molecule has 16 heavy (non-hydrogen) atoms. The van der Waals surface area contributed by atoms with Gasteiger partial charge < -0.3 is 5.11 Å². The summed E-state index contributed by atoms with van der Waals surface area (Å²) < 4.78 is 13.3. The molecule has 5 heteroatoms. The second-order valence-electron chi connectivity index (χ2n) is 3.49. The molecule has 1 unspecified atom stereocenters. The first-order valence-electron chi connectivity index (χ1n) is 4.75. The van der Waals surface area contributed by atoms with Gasteiger partial charge in [-0.25, -0.2) is 4.39 Å². The second-order valence-corrected chi connectivity index (χ2v) is 4.96. The van der Waals surface area contributed by atoms with Crippen molar-refractivity contribution in [2.24, 2.45) is 5.92 Å². The summed E-state index contributed by atoms with van der Waals surface area (Å²) in [6.07, 6.45) is 0. The Kier molecular flexibility index (Phi) is 5.09. The van der Waals surface area contributed by atoms with Crippen LogP contribution in [0.4, 0.5) is 4.39 Å². The van der Waals surface area contributed by atoms with Crippen molar-refractivity contribution < 1.29 is 14.3 Å². The van der Waals surface area contributed by atoms with E-state index in [2.05, 4.69) is 0 Å². The van der Waals surface area contributed by atoms with Crippen molar-refractivity contribution in [2.75, 3.05) is 5.75 Å². The van der Waals surface area contributed by atoms with Crippen molar-refractivity contribution in [3.63, 3.8) is 0 Å². The van der Waals surface area contributed by atoms with Crippen molar-refractivity contribution in [1.82, 2.24) is 0 Å². The van der Waals surface area contributed by atoms with E-state index in [1.54, 1.807) is 19.1 Å². The molecule has 0 fully saturated rings. The van der Waals surface area contributed by atoms with Gasteiger partial charge in [-0.15, -0.1) is 0 Å². The summed E-state index contributed by atoms with van der Waals surface area (Å²) in [5, 5.41) is 9.03. The SMILES string of the molecule is CC(CSCc1ccc(Cl)cc1F)C(=O)O. The number of aliphatic carboxylic acids is 1. The highest BCUT2D eigenvalue weighted by molar-refractivity contribution is 7.98. The van der Waals surface area contributed by atoms with Crippen LogP contribution in [-0.2, 0) is 10.5 Å². The molecular weight excluding hydrogens is 251 g/mol. The van der Waals surface area contributed by atoms with E-state index in [1.807, 2.05) is 0 Å². The third-order valence-electron chi connectivity index (χ3n) is 2.06. The molecule has 1 aromatic rings. The van der Waals surface area contributed by atoms with E-state index >= 15 is 0 Å². The van der Waals surface area contributed by atoms with Crippen LogP contribution in [0, 0.1) is 11.7 Å². The van der Waals surface area contributed by atoms with E-state index in [-0.39, 0.29) is 5.82 Å². The number of carbonyl (C=O) groups is 1. The van der Waals surface area contributed by atoms with Crippen LogP contribution < -0.4 is 0 Å². The minimum absolute atomic E-state index is 0.344. The Bertz CT molecular complexity index is 384. The van der Waals surface area contributed by atoms with Crippen molar-refractivity contribution in [3.05, 3.63) is 34.6 Å². The minimum atomic E-state index is -0.830. The molecule has 88 valence electrons. The lowest BCUT2D eigenvalue weighted by atomic mass is 10.2. The first kappa shape index (κ1) is 13.3. The van der Waals surface area contributed by atoms with Crippen molar-refractivity contribution >= 4 is 29.3 Å². The number of hydrogen-bond acceptors (Lipinski definition) is 2. The normalized spacial score (nSPS) is 12.4. The number of hydrogen-bond donors (Lipinski definition) is 1. The summed E-state index contributed by atoms with van der Waals surface area (Å²) in [6.45, 7) is 1.63. The first-order chi connectivity index (χ1) is 7.50. The molecule has 0 aliphatic heterocycles. The largest absolute Gasteiger partial charge is 0.481 e. The summed E-state index contributed by atoms with van der Waals surface area (Å²) >= 11 is 7.02. The van der Waals surface area contributed by atoms with Gasteiger partial charge in [-0.05, 0) is 17.7 Å². The van der Waals surface area contributed by atoms with Gasteiger partial charge in [0, 0.05) is 16.5 Å². The molecule has 0 aliphatic rings. The Morgan fingerprint density at radius 3 is 2.88 bits per heavy atom. The molecule has 1 rings (SSSR count). The van der Waals surface area contributed by atoms with Gasteiger partial charge >= 0.3 is 5.97 Å². The molecule has 0 aliphatic carbocycles. The molecule has 1 atom stereocenters. The Hall–Kier alpha value is -0.740. The van der Waals surface area contributed by atoms with Gasteiger partial charge in [-0.2, -0.15) is 11.8 Å². The molecule has 1 N–H and O–H groups in total. The predicted molar refractivity (Wildman–Crippen MR) is 64.4 cm³/mol. The van der Waals surface area contributed by atoms with Gasteiger partial charge in [0.25, 0.3) is 0 Å². The lowest BCUT2D eigenvalue weighted by molar-refractivity contribution is -0.140. The van der Waals surface area contributed by atoms with Crippen molar-refractivity contribution in [3.8, 4) is 0 Å². The Labute approximate surface area is 103 Å². The molecule has 1 aromatic carbocycles. The van der Waals surface area contributed by atoms with Gasteiger partial charge in [-0.3, -0.25) is 4.79 Å². The van der Waals surface area contributed by atoms with E-state index < -0.39 is 11.9 Å². The maximum absolute atomic E-state index is 13.3. The van der Waals surface area contributed by atoms with Gasteiger partial charge in [0.1, 0.15) is 5.82 Å². The molecule has 0 spiro atoms. The molecule has 0 radical (unpaired) electrons. The summed E-state index contributed by atoms with van der Waals surface area (Å²) in [5.74, 6) is -0.662. The average Bonchev–Trinajstić information content (AvgIpc) is 2.20. The summed E-state index contributed by atoms with van der Waals surface area (Å²) in [5.41, 5.74) is 0.548. The summed E-state index contributed by atoms with van der Waals surface area (Å²) in [4.78, 5) is 10.5. The number of rotatable bonds is 5. The molecule has 0 aromatic heterocycles. The number of carboxylic acids is 1. The number of halogens is 2. The maximum atomic E-state index is 13.3. The van der Waals surface area contributed by atoms with Crippen molar-refractivity contribution in [2.45, 2.75) is 12.7 Å². The molecule has 0 saturated heterocycles. The molecule has 0 bridgehead atoms. The standard InChI is InChI=1S/C11H12ClFO2S/c1-7(11(14)15)5-16-6-8-2-3-9(12)4-10(8)13/h2-4,7H,5-6H2,1H3,(H,14,15). The van der Waals surface area contributed by atoms with Crippen LogP contribution in [-0.4, -0.2) is 16.8 Å². The zero-order chi connectivity index (χ0) is 12.1. The summed E-state index contributed by atoms with van der Waals surface area (Å²) in [7, 11) is 0. The third-order valence-corrected chi connectivity index (χ3v) is 3.55. The summed E-state index contributed by atoms with van der Waals surface area (Å²) in [6, 6.07) is 4.51. The number of carboxylic acid groups (broad SMARTS) is 1. The Morgan fingerprint density at radius 2 is 2.31 bits per heavy atom. The fourth-order valence-electron chi connectivity index (χ4n) is 1.06. The van der Waals surface area contributed by atoms with Crippen LogP contribution in [0.5, 0.6) is 0 Å². The fourth-order valence-corrected chi connectivity index (χ4v) is 2.28. The van der Waals surface area contributed by atoms with E-state index in [9.17, 15) is 9.18 Å². The predicted octanol–water partition coefficient (Wildman–Crippen LogP) is 3.43. The maximum Gasteiger partial charge on any atom is 0.307 e. The van der Waals surface area contributed by atoms with E-state index in [0.29, 0.717) is 22.1 Å². The van der Waals surface area contributed by atoms with Crippen LogP contribution >= 0.6 is 23.4 Å². The van der Waals surface area contributed by atoms with E-state index in [0.717, 1.165) is 0 Å². The lowest BCUT2D eigenvalue weighted by Crippen LogP contribution is -2.11. The van der Waals surface area contributed by atoms with Gasteiger partial charge in [0.15, 0.2) is 0 Å². The third kappa shape index (κ3) is 4.02. The molecule has 0 heterocycles. The van der Waals surface area contributed by atoms with Crippen LogP contribution in [0.1, 0.15) is 12.5 Å². The lowest BCUT2D eigenvalue weighted by Gasteiger charge is -2.06. The van der Waals surface area contributed by atoms with Crippen LogP contribution in [0.25, 0.3) is 0 Å². The van der Waals surface area contributed by atoms with Gasteiger partial charge in [-0.1, -0.05) is 24.6 Å². The van der Waals surface area contributed by atoms with Gasteiger partial charge in [0.2, 0.25) is 0 Å². The monoisotopic (exact) mass is 262 g/mol. The van der Waals surface area contributed by atoms with E-state index in [4.69, 9.17) is 16.7 Å². The van der Waals surface area contributed by atoms with Crippen LogP contribution in [0.2, 0.25) is 5.02 Å². The Morgan fingerprint density at radius 1 is 1.62 bits per heavy atom. The Balaban J connectivity index is 2.46. The average molecular weight is 263 g/mol. The van der Waals surface area contributed by atoms with Crippen molar-refractivity contribution in [1.29, 1.82) is 0 Å². The van der Waals surface area contributed by atoms with E-state index in [1.165, 1.54) is 17.8 Å². The minimum Gasteiger partial charge on any atom is -0.481 e. The zero-order valence-corrected chi connectivity index (χ0v) is 10.3. The highest BCUT2D eigenvalue weighted by atomic mass is 35.5. The molecule has 0 saturated carbocycles. The molecule has 2 nitrogen and oxygen atoms in total. The zero-order valence-electron chi connectivity index (χ0n) is 8.74. The molecular formula is C11H12ClFO2S. The topological polar surface area (TPSA) is 37.3 Å². The highest BCUT2D eigenvalue weighted by Gasteiger charge is 2.11. The highest BCUT2D eigenvalue weighted by Crippen LogP contribution is 2.20. The second kappa shape index (κ2) is 6.11. The molecule has 0 amide bonds. The first-order valence-corrected chi connectivity index (χ1v) is 6.28. The fraction of sp³-hybridized carbons (Fsp3) is 0.364. The smallest absolute Gasteiger partial charge is 0.307 e. The van der Waals surface area contributed by atoms with Crippen LogP contribution in [0.3, 0.4) is 0 Å². The quantitative estimate of drug-likeness (QED) is 0.883. The van der Waals surface area contributed by atoms with Crippen LogP contribution in [0.15, 0.2) is 18.2 Å². The van der Waals surface area contributed by atoms with Gasteiger partial charge in [0.05, 0.1) is 5.92 Å².